The van der Waals surface area contributed by atoms with Crippen molar-refractivity contribution in [1.29, 1.82) is 0 Å². The number of carbonyl (C=O) groups is 1. The van der Waals surface area contributed by atoms with Gasteiger partial charge in [0.15, 0.2) is 0 Å². The van der Waals surface area contributed by atoms with Crippen LogP contribution >= 0.6 is 22.6 Å². The van der Waals surface area contributed by atoms with E-state index >= 15 is 0 Å². The van der Waals surface area contributed by atoms with E-state index in [-0.39, 0.29) is 21.9 Å². The fourth-order valence-corrected chi connectivity index (χ4v) is 3.12. The van der Waals surface area contributed by atoms with E-state index in [1.807, 2.05) is 20.8 Å². The van der Waals surface area contributed by atoms with E-state index in [0.29, 0.717) is 0 Å². The van der Waals surface area contributed by atoms with Crippen LogP contribution in [0.3, 0.4) is 0 Å². The molecule has 0 saturated carbocycles. The summed E-state index contributed by atoms with van der Waals surface area (Å²) in [4.78, 5) is 11.5. The molecule has 0 aromatic carbocycles. The Kier molecular flexibility index (Phi) is 3.22. The van der Waals surface area contributed by atoms with Gasteiger partial charge in [-0.05, 0) is 20.8 Å². The van der Waals surface area contributed by atoms with Gasteiger partial charge in [-0.1, -0.05) is 22.6 Å². The zero-order valence-corrected chi connectivity index (χ0v) is 10.5. The molecule has 4 heteroatoms. The molecule has 1 heterocycles. The average Bonchev–Trinajstić information content (AvgIpc) is 2.21. The maximum absolute atomic E-state index is 11.5. The first-order valence-corrected chi connectivity index (χ1v) is 5.54. The summed E-state index contributed by atoms with van der Waals surface area (Å²) in [6.45, 7) is 5.86. The molecular formula is C9H15IO3. The van der Waals surface area contributed by atoms with Gasteiger partial charge in [0.1, 0.15) is 0 Å². The van der Waals surface area contributed by atoms with Gasteiger partial charge >= 0.3 is 5.97 Å². The minimum absolute atomic E-state index is 0.111. The molecule has 1 aliphatic heterocycles. The summed E-state index contributed by atoms with van der Waals surface area (Å²) in [5.74, 6) is -0.332. The van der Waals surface area contributed by atoms with Crippen LogP contribution in [0.4, 0.5) is 0 Å². The van der Waals surface area contributed by atoms with Crippen LogP contribution in [0.2, 0.25) is 0 Å². The highest BCUT2D eigenvalue weighted by atomic mass is 127. The molecule has 0 bridgehead atoms. The molecule has 0 aromatic rings. The lowest BCUT2D eigenvalue weighted by atomic mass is 9.90. The Bertz CT molecular complexity index is 215. The Morgan fingerprint density at radius 1 is 1.54 bits per heavy atom. The van der Waals surface area contributed by atoms with E-state index in [2.05, 4.69) is 22.6 Å². The van der Waals surface area contributed by atoms with Crippen molar-refractivity contribution in [2.75, 3.05) is 7.11 Å². The van der Waals surface area contributed by atoms with E-state index < -0.39 is 5.60 Å². The molecule has 1 saturated heterocycles. The molecule has 3 nitrogen and oxygen atoms in total. The summed E-state index contributed by atoms with van der Waals surface area (Å²) in [5.41, 5.74) is -0.404. The van der Waals surface area contributed by atoms with Crippen molar-refractivity contribution < 1.29 is 14.3 Å². The molecule has 1 fully saturated rings. The Morgan fingerprint density at radius 3 is 2.38 bits per heavy atom. The van der Waals surface area contributed by atoms with E-state index in [1.165, 1.54) is 7.11 Å². The Balaban J connectivity index is 2.87. The van der Waals surface area contributed by atoms with Gasteiger partial charge in [0.2, 0.25) is 0 Å². The summed E-state index contributed by atoms with van der Waals surface area (Å²) >= 11 is 2.26. The Morgan fingerprint density at radius 2 is 2.08 bits per heavy atom. The second-order valence-corrected chi connectivity index (χ2v) is 5.31. The standard InChI is InChI=1S/C9H15IO3/c1-5-7(10)6(8(11)12-4)9(2,3)13-5/h5-7H,1-4H3/t5-,6+,7-/m0/s1. The minimum atomic E-state index is -0.404. The van der Waals surface area contributed by atoms with Gasteiger partial charge in [0.25, 0.3) is 0 Å². The van der Waals surface area contributed by atoms with Crippen molar-refractivity contribution in [3.8, 4) is 0 Å². The van der Waals surface area contributed by atoms with Gasteiger partial charge in [-0.25, -0.2) is 0 Å². The molecule has 13 heavy (non-hydrogen) atoms. The number of hydrogen-bond donors (Lipinski definition) is 0. The minimum Gasteiger partial charge on any atom is -0.469 e. The molecule has 0 aromatic heterocycles. The summed E-state index contributed by atoms with van der Waals surface area (Å²) in [7, 11) is 1.42. The van der Waals surface area contributed by atoms with Crippen molar-refractivity contribution in [2.45, 2.75) is 36.4 Å². The van der Waals surface area contributed by atoms with Crippen LogP contribution in [0.25, 0.3) is 0 Å². The maximum Gasteiger partial charge on any atom is 0.312 e. The normalized spacial score (nSPS) is 37.5. The van der Waals surface area contributed by atoms with Gasteiger partial charge < -0.3 is 9.47 Å². The van der Waals surface area contributed by atoms with Crippen molar-refractivity contribution >= 4 is 28.6 Å². The number of alkyl halides is 1. The van der Waals surface area contributed by atoms with Crippen molar-refractivity contribution in [3.05, 3.63) is 0 Å². The van der Waals surface area contributed by atoms with Gasteiger partial charge in [-0.2, -0.15) is 0 Å². The number of ether oxygens (including phenoxy) is 2. The van der Waals surface area contributed by atoms with Gasteiger partial charge in [0, 0.05) is 0 Å². The molecule has 1 rings (SSSR count). The first kappa shape index (κ1) is 11.2. The van der Waals surface area contributed by atoms with Gasteiger partial charge in [-0.15, -0.1) is 0 Å². The van der Waals surface area contributed by atoms with Crippen molar-refractivity contribution in [1.82, 2.24) is 0 Å². The van der Waals surface area contributed by atoms with E-state index in [9.17, 15) is 4.79 Å². The topological polar surface area (TPSA) is 35.5 Å². The summed E-state index contributed by atoms with van der Waals surface area (Å²) in [6, 6.07) is 0. The van der Waals surface area contributed by atoms with Crippen molar-refractivity contribution in [3.63, 3.8) is 0 Å². The lowest BCUT2D eigenvalue weighted by Crippen LogP contribution is -2.37. The van der Waals surface area contributed by atoms with Gasteiger partial charge in [0.05, 0.1) is 28.7 Å². The fraction of sp³-hybridized carbons (Fsp3) is 0.889. The average molecular weight is 298 g/mol. The van der Waals surface area contributed by atoms with Crippen LogP contribution in [0.5, 0.6) is 0 Å². The smallest absolute Gasteiger partial charge is 0.312 e. The van der Waals surface area contributed by atoms with Crippen LogP contribution in [-0.2, 0) is 14.3 Å². The highest BCUT2D eigenvalue weighted by Crippen LogP contribution is 2.40. The van der Waals surface area contributed by atoms with E-state index in [1.54, 1.807) is 0 Å². The first-order valence-electron chi connectivity index (χ1n) is 4.30. The molecule has 0 radical (unpaired) electrons. The van der Waals surface area contributed by atoms with Crippen molar-refractivity contribution in [2.24, 2.45) is 5.92 Å². The zero-order valence-electron chi connectivity index (χ0n) is 8.33. The first-order chi connectivity index (χ1) is 5.90. The molecule has 0 aliphatic carbocycles. The summed E-state index contributed by atoms with van der Waals surface area (Å²) < 4.78 is 10.6. The van der Waals surface area contributed by atoms with Crippen LogP contribution in [0.15, 0.2) is 0 Å². The van der Waals surface area contributed by atoms with Crippen LogP contribution < -0.4 is 0 Å². The quantitative estimate of drug-likeness (QED) is 0.420. The monoisotopic (exact) mass is 298 g/mol. The molecule has 0 N–H and O–H groups in total. The third-order valence-electron chi connectivity index (χ3n) is 2.46. The van der Waals surface area contributed by atoms with Crippen LogP contribution in [0.1, 0.15) is 20.8 Å². The highest BCUT2D eigenvalue weighted by molar-refractivity contribution is 14.1. The lowest BCUT2D eigenvalue weighted by Gasteiger charge is -2.24. The second-order valence-electron chi connectivity index (χ2n) is 3.87. The van der Waals surface area contributed by atoms with Crippen LogP contribution in [-0.4, -0.2) is 28.7 Å². The molecule has 3 atom stereocenters. The molecule has 0 amide bonds. The van der Waals surface area contributed by atoms with E-state index in [0.717, 1.165) is 0 Å². The predicted molar refractivity (Wildman–Crippen MR) is 57.9 cm³/mol. The fourth-order valence-electron chi connectivity index (χ4n) is 1.81. The zero-order chi connectivity index (χ0) is 10.2. The van der Waals surface area contributed by atoms with Crippen LogP contribution in [0, 0.1) is 5.92 Å². The number of esters is 1. The predicted octanol–water partition coefficient (Wildman–Crippen LogP) is 1.78. The third-order valence-corrected chi connectivity index (χ3v) is 4.19. The number of carbonyl (C=O) groups excluding carboxylic acids is 1. The number of methoxy groups -OCH3 is 1. The number of halogens is 1. The molecule has 1 aliphatic rings. The number of rotatable bonds is 1. The lowest BCUT2D eigenvalue weighted by molar-refractivity contribution is -0.150. The third kappa shape index (κ3) is 1.98. The highest BCUT2D eigenvalue weighted by Gasteiger charge is 2.51. The number of hydrogen-bond acceptors (Lipinski definition) is 3. The summed E-state index contributed by atoms with van der Waals surface area (Å²) in [6.07, 6.45) is 0.111. The summed E-state index contributed by atoms with van der Waals surface area (Å²) in [5, 5.41) is 0. The molecule has 0 spiro atoms. The second kappa shape index (κ2) is 3.73. The maximum atomic E-state index is 11.5. The van der Waals surface area contributed by atoms with Gasteiger partial charge in [-0.3, -0.25) is 4.79 Å². The molecule has 76 valence electrons. The Labute approximate surface area is 92.3 Å². The van der Waals surface area contributed by atoms with E-state index in [4.69, 9.17) is 9.47 Å². The Hall–Kier alpha value is 0.160. The molecular weight excluding hydrogens is 283 g/mol. The molecule has 0 unspecified atom stereocenters. The largest absolute Gasteiger partial charge is 0.469 e. The SMILES string of the molecule is COC(=O)[C@H]1[C@@H](I)[C@H](C)OC1(C)C.